The topological polar surface area (TPSA) is 59.6 Å². The van der Waals surface area contributed by atoms with Crippen LogP contribution in [0.4, 0.5) is 21.5 Å². The van der Waals surface area contributed by atoms with Crippen molar-refractivity contribution in [1.29, 1.82) is 0 Å². The molecule has 2 heterocycles. The summed E-state index contributed by atoms with van der Waals surface area (Å²) in [7, 11) is 4.33. The minimum Gasteiger partial charge on any atom is -0.373 e. The molecule has 1 aliphatic carbocycles. The van der Waals surface area contributed by atoms with E-state index < -0.39 is 6.04 Å². The summed E-state index contributed by atoms with van der Waals surface area (Å²) in [6, 6.07) is 9.98. The van der Waals surface area contributed by atoms with Gasteiger partial charge in [0.25, 0.3) is 0 Å². The second-order valence-corrected chi connectivity index (χ2v) is 9.54. The fourth-order valence-corrected chi connectivity index (χ4v) is 5.46. The van der Waals surface area contributed by atoms with Crippen LogP contribution in [0.25, 0.3) is 0 Å². The van der Waals surface area contributed by atoms with Crippen molar-refractivity contribution < 1.29 is 9.18 Å². The van der Waals surface area contributed by atoms with Crippen molar-refractivity contribution in [3.05, 3.63) is 52.8 Å². The van der Waals surface area contributed by atoms with Crippen LogP contribution in [-0.4, -0.2) is 43.0 Å². The largest absolute Gasteiger partial charge is 0.373 e. The van der Waals surface area contributed by atoms with Crippen LogP contribution in [-0.2, 0) is 17.8 Å². The molecule has 2 aromatic carbocycles. The molecule has 1 atom stereocenters. The van der Waals surface area contributed by atoms with Gasteiger partial charge in [-0.3, -0.25) is 4.79 Å². The molecule has 3 aliphatic rings. The molecule has 170 valence electrons. The Hall–Kier alpha value is -2.64. The molecular weight excluding hydrogens is 405 g/mol. The van der Waals surface area contributed by atoms with E-state index >= 15 is 0 Å². The third kappa shape index (κ3) is 3.73. The number of fused-ring (bicyclic) bond motifs is 2. The van der Waals surface area contributed by atoms with Crippen molar-refractivity contribution in [2.45, 2.75) is 63.7 Å². The predicted octanol–water partition coefficient (Wildman–Crippen LogP) is 3.81. The summed E-state index contributed by atoms with van der Waals surface area (Å²) in [5.41, 5.74) is 8.97. The number of carbonyl (C=O) groups is 1. The van der Waals surface area contributed by atoms with Gasteiger partial charge >= 0.3 is 0 Å². The molecule has 0 aromatic heterocycles. The molecule has 0 spiro atoms. The predicted molar refractivity (Wildman–Crippen MR) is 126 cm³/mol. The lowest BCUT2D eigenvalue weighted by molar-refractivity contribution is -0.116. The van der Waals surface area contributed by atoms with E-state index in [1.54, 1.807) is 6.07 Å². The monoisotopic (exact) mass is 437 g/mol. The molecule has 0 radical (unpaired) electrons. The summed E-state index contributed by atoms with van der Waals surface area (Å²) in [6.45, 7) is 2.63. The van der Waals surface area contributed by atoms with E-state index in [9.17, 15) is 9.18 Å². The quantitative estimate of drug-likeness (QED) is 0.679. The summed E-state index contributed by atoms with van der Waals surface area (Å²) in [6.07, 6.45) is 5.07. The van der Waals surface area contributed by atoms with Crippen molar-refractivity contribution in [3.63, 3.8) is 0 Å². The first kappa shape index (κ1) is 21.2. The SMILES string of the molecule is Cc1ccc(F)c2c1NC(C(=O)Nc1cccc3c1CNN3[C@H]1CC[C@H](N(C)C)CC1)C2. The summed E-state index contributed by atoms with van der Waals surface area (Å²) in [4.78, 5) is 15.4. The molecule has 5 rings (SSSR count). The van der Waals surface area contributed by atoms with E-state index in [4.69, 9.17) is 0 Å². The summed E-state index contributed by atoms with van der Waals surface area (Å²) in [5.74, 6) is -0.379. The highest BCUT2D eigenvalue weighted by Crippen LogP contribution is 2.37. The van der Waals surface area contributed by atoms with Gasteiger partial charge in [0.05, 0.1) is 5.69 Å². The summed E-state index contributed by atoms with van der Waals surface area (Å²) >= 11 is 0. The molecule has 7 heteroatoms. The van der Waals surface area contributed by atoms with Crippen molar-refractivity contribution in [2.75, 3.05) is 29.7 Å². The molecule has 0 bridgehead atoms. The van der Waals surface area contributed by atoms with Crippen LogP contribution in [0, 0.1) is 12.7 Å². The highest BCUT2D eigenvalue weighted by atomic mass is 19.1. The van der Waals surface area contributed by atoms with Crippen molar-refractivity contribution in [1.82, 2.24) is 10.3 Å². The Kier molecular flexibility index (Phi) is 5.55. The molecule has 2 aliphatic heterocycles. The molecule has 0 saturated heterocycles. The number of benzene rings is 2. The molecule has 3 N–H and O–H groups in total. The highest BCUT2D eigenvalue weighted by molar-refractivity contribution is 5.99. The second kappa shape index (κ2) is 8.37. The second-order valence-electron chi connectivity index (χ2n) is 9.54. The van der Waals surface area contributed by atoms with E-state index in [1.165, 1.54) is 18.9 Å². The number of carbonyl (C=O) groups excluding carboxylic acids is 1. The number of hydrogen-bond donors (Lipinski definition) is 3. The van der Waals surface area contributed by atoms with Gasteiger partial charge in [-0.05, 0) is 70.5 Å². The number of nitrogens with zero attached hydrogens (tertiary/aromatic N) is 2. The Labute approximate surface area is 189 Å². The molecule has 1 saturated carbocycles. The van der Waals surface area contributed by atoms with Gasteiger partial charge < -0.3 is 20.5 Å². The maximum absolute atomic E-state index is 14.2. The van der Waals surface area contributed by atoms with Crippen LogP contribution in [0.3, 0.4) is 0 Å². The Morgan fingerprint density at radius 2 is 1.91 bits per heavy atom. The van der Waals surface area contributed by atoms with Crippen molar-refractivity contribution >= 4 is 23.0 Å². The van der Waals surface area contributed by atoms with Gasteiger partial charge in [-0.15, -0.1) is 0 Å². The van der Waals surface area contributed by atoms with Crippen LogP contribution >= 0.6 is 0 Å². The smallest absolute Gasteiger partial charge is 0.247 e. The number of halogens is 1. The van der Waals surface area contributed by atoms with Crippen LogP contribution in [0.1, 0.15) is 42.4 Å². The average molecular weight is 438 g/mol. The van der Waals surface area contributed by atoms with E-state index in [1.807, 2.05) is 19.1 Å². The third-order valence-electron chi connectivity index (χ3n) is 7.36. The van der Waals surface area contributed by atoms with Crippen LogP contribution in [0.5, 0.6) is 0 Å². The Bertz CT molecular complexity index is 1000. The number of aryl methyl sites for hydroxylation is 1. The number of amides is 1. The fraction of sp³-hybridized carbons (Fsp3) is 0.480. The minimum atomic E-state index is -0.469. The standard InChI is InChI=1S/C25H32FN5O/c1-15-7-12-20(26)18-13-22(28-24(15)18)25(32)29-21-5-4-6-23-19(21)14-27-31(23)17-10-8-16(9-11-17)30(2)3/h4-7,12,16-17,22,27-28H,8-11,13-14H2,1-3H3,(H,29,32)/t16-,17-,22?. The van der Waals surface area contributed by atoms with Gasteiger partial charge in [0, 0.05) is 47.6 Å². The number of anilines is 3. The van der Waals surface area contributed by atoms with Gasteiger partial charge in [-0.25, -0.2) is 9.82 Å². The number of hydrazine groups is 1. The minimum absolute atomic E-state index is 0.127. The van der Waals surface area contributed by atoms with E-state index in [-0.39, 0.29) is 11.7 Å². The fourth-order valence-electron chi connectivity index (χ4n) is 5.46. The van der Waals surface area contributed by atoms with E-state index in [0.29, 0.717) is 30.6 Å². The Balaban J connectivity index is 1.28. The van der Waals surface area contributed by atoms with Gasteiger partial charge in [0.15, 0.2) is 0 Å². The lowest BCUT2D eigenvalue weighted by Crippen LogP contribution is -2.46. The normalized spacial score (nSPS) is 24.3. The molecule has 1 fully saturated rings. The zero-order valence-corrected chi connectivity index (χ0v) is 19.0. The van der Waals surface area contributed by atoms with Crippen LogP contribution < -0.4 is 21.1 Å². The Morgan fingerprint density at radius 1 is 1.12 bits per heavy atom. The number of nitrogens with one attached hydrogen (secondary N) is 3. The van der Waals surface area contributed by atoms with E-state index in [2.05, 4.69) is 46.1 Å². The first-order valence-corrected chi connectivity index (χ1v) is 11.6. The average Bonchev–Trinajstić information content (AvgIpc) is 3.43. The lowest BCUT2D eigenvalue weighted by atomic mass is 9.90. The lowest BCUT2D eigenvalue weighted by Gasteiger charge is -2.38. The van der Waals surface area contributed by atoms with Crippen LogP contribution in [0.2, 0.25) is 0 Å². The van der Waals surface area contributed by atoms with Gasteiger partial charge in [0.1, 0.15) is 11.9 Å². The summed E-state index contributed by atoms with van der Waals surface area (Å²) in [5, 5.41) is 8.63. The van der Waals surface area contributed by atoms with Crippen molar-refractivity contribution in [2.24, 2.45) is 0 Å². The number of hydrogen-bond acceptors (Lipinski definition) is 5. The van der Waals surface area contributed by atoms with Crippen molar-refractivity contribution in [3.8, 4) is 0 Å². The Morgan fingerprint density at radius 3 is 2.62 bits per heavy atom. The molecule has 6 nitrogen and oxygen atoms in total. The van der Waals surface area contributed by atoms with Gasteiger partial charge in [-0.1, -0.05) is 12.1 Å². The first-order valence-electron chi connectivity index (χ1n) is 11.6. The van der Waals surface area contributed by atoms with Gasteiger partial charge in [-0.2, -0.15) is 0 Å². The molecule has 1 unspecified atom stereocenters. The summed E-state index contributed by atoms with van der Waals surface area (Å²) < 4.78 is 14.2. The maximum Gasteiger partial charge on any atom is 0.247 e. The van der Waals surface area contributed by atoms with E-state index in [0.717, 1.165) is 41.0 Å². The maximum atomic E-state index is 14.2. The zero-order chi connectivity index (χ0) is 22.4. The molecule has 32 heavy (non-hydrogen) atoms. The first-order chi connectivity index (χ1) is 15.4. The molecule has 2 aromatic rings. The molecule has 1 amide bonds. The van der Waals surface area contributed by atoms with Gasteiger partial charge in [0.2, 0.25) is 5.91 Å². The molecular formula is C25H32FN5O. The third-order valence-corrected chi connectivity index (χ3v) is 7.36. The van der Waals surface area contributed by atoms with Crippen LogP contribution in [0.15, 0.2) is 30.3 Å². The number of rotatable bonds is 4. The zero-order valence-electron chi connectivity index (χ0n) is 19.0. The highest BCUT2D eigenvalue weighted by Gasteiger charge is 2.33.